The van der Waals surface area contributed by atoms with E-state index in [1.165, 1.54) is 0 Å². The number of likely N-dealkylation sites (tertiary alicyclic amines) is 1. The summed E-state index contributed by atoms with van der Waals surface area (Å²) in [5.41, 5.74) is -0.180. The van der Waals surface area contributed by atoms with E-state index in [0.29, 0.717) is 18.8 Å². The van der Waals surface area contributed by atoms with Crippen molar-refractivity contribution in [1.29, 1.82) is 0 Å². The zero-order valence-electron chi connectivity index (χ0n) is 14.1. The molecule has 2 amide bonds. The summed E-state index contributed by atoms with van der Waals surface area (Å²) >= 11 is 6.00. The fourth-order valence-electron chi connectivity index (χ4n) is 2.24. The monoisotopic (exact) mass is 342 g/mol. The van der Waals surface area contributed by atoms with Gasteiger partial charge >= 0.3 is 6.09 Å². The molecule has 1 fully saturated rings. The molecule has 0 aromatic carbocycles. The highest BCUT2D eigenvalue weighted by atomic mass is 35.5. The third kappa shape index (κ3) is 4.16. The maximum Gasteiger partial charge on any atom is 0.410 e. The molecule has 0 saturated carbocycles. The lowest BCUT2D eigenvalue weighted by Gasteiger charge is -2.40. The fourth-order valence-corrected chi connectivity index (χ4v) is 2.47. The number of halogens is 1. The normalized spacial score (nSPS) is 15.5. The Hall–Kier alpha value is -1.76. The molecule has 2 heterocycles. The number of imidazole rings is 1. The highest BCUT2D eigenvalue weighted by Crippen LogP contribution is 2.20. The number of aromatic nitrogens is 2. The van der Waals surface area contributed by atoms with E-state index in [1.54, 1.807) is 15.8 Å². The van der Waals surface area contributed by atoms with Crippen LogP contribution in [-0.4, -0.2) is 51.2 Å². The van der Waals surface area contributed by atoms with Crippen molar-refractivity contribution in [3.63, 3.8) is 0 Å². The molecular formula is C15H23ClN4O3. The number of nitrogens with one attached hydrogen (secondary N) is 1. The van der Waals surface area contributed by atoms with Gasteiger partial charge in [-0.15, -0.1) is 0 Å². The van der Waals surface area contributed by atoms with Crippen molar-refractivity contribution in [1.82, 2.24) is 19.8 Å². The third-order valence-corrected chi connectivity index (χ3v) is 3.67. The largest absolute Gasteiger partial charge is 0.444 e. The quantitative estimate of drug-likeness (QED) is 0.915. The number of hydrogen-bond donors (Lipinski definition) is 1. The lowest BCUT2D eigenvalue weighted by Crippen LogP contribution is -2.61. The second-order valence-corrected chi connectivity index (χ2v) is 7.30. The van der Waals surface area contributed by atoms with Crippen LogP contribution in [0, 0.1) is 0 Å². The summed E-state index contributed by atoms with van der Waals surface area (Å²) in [5.74, 6) is -0.282. The average Bonchev–Trinajstić information content (AvgIpc) is 2.72. The molecule has 1 aliphatic rings. The lowest BCUT2D eigenvalue weighted by molar-refractivity contribution is 0.00528. The van der Waals surface area contributed by atoms with E-state index in [4.69, 9.17) is 16.3 Å². The maximum atomic E-state index is 12.4. The Morgan fingerprint density at radius 1 is 1.39 bits per heavy atom. The van der Waals surface area contributed by atoms with Gasteiger partial charge in [-0.3, -0.25) is 4.79 Å². The summed E-state index contributed by atoms with van der Waals surface area (Å²) in [4.78, 5) is 29.8. The van der Waals surface area contributed by atoms with Crippen LogP contribution < -0.4 is 5.32 Å². The predicted molar refractivity (Wildman–Crippen MR) is 86.7 cm³/mol. The lowest BCUT2D eigenvalue weighted by atomic mass is 10.1. The predicted octanol–water partition coefficient (Wildman–Crippen LogP) is 2.47. The standard InChI is InChI=1S/C15H23ClN4O3/c1-9(2)20-8-17-12(16)11(20)13(21)18-10-6-19(7-10)14(22)23-15(3,4)5/h8-10H,6-7H2,1-5H3,(H,18,21). The van der Waals surface area contributed by atoms with Crippen LogP contribution in [0.25, 0.3) is 0 Å². The highest BCUT2D eigenvalue weighted by Gasteiger charge is 2.35. The van der Waals surface area contributed by atoms with Gasteiger partial charge in [-0.05, 0) is 34.6 Å². The summed E-state index contributed by atoms with van der Waals surface area (Å²) < 4.78 is 7.00. The Bertz CT molecular complexity index is 600. The molecule has 23 heavy (non-hydrogen) atoms. The van der Waals surface area contributed by atoms with Crippen LogP contribution in [-0.2, 0) is 4.74 Å². The average molecular weight is 343 g/mol. The number of amides is 2. The molecule has 0 bridgehead atoms. The smallest absolute Gasteiger partial charge is 0.410 e. The van der Waals surface area contributed by atoms with Crippen LogP contribution in [0.2, 0.25) is 5.15 Å². The Balaban J connectivity index is 1.90. The first-order valence-electron chi connectivity index (χ1n) is 7.59. The molecule has 1 aromatic rings. The van der Waals surface area contributed by atoms with Gasteiger partial charge in [-0.1, -0.05) is 11.6 Å². The van der Waals surface area contributed by atoms with Crippen LogP contribution in [0.1, 0.15) is 51.1 Å². The number of ether oxygens (including phenoxy) is 1. The number of nitrogens with zero attached hydrogens (tertiary/aromatic N) is 3. The van der Waals surface area contributed by atoms with Gasteiger partial charge in [-0.25, -0.2) is 9.78 Å². The highest BCUT2D eigenvalue weighted by molar-refractivity contribution is 6.32. The summed E-state index contributed by atoms with van der Waals surface area (Å²) in [7, 11) is 0. The van der Waals surface area contributed by atoms with Crippen molar-refractivity contribution in [3.05, 3.63) is 17.2 Å². The summed E-state index contributed by atoms with van der Waals surface area (Å²) in [6, 6.07) is -0.0306. The molecular weight excluding hydrogens is 320 g/mol. The minimum absolute atomic E-state index is 0.0791. The zero-order valence-corrected chi connectivity index (χ0v) is 14.8. The minimum Gasteiger partial charge on any atom is -0.444 e. The van der Waals surface area contributed by atoms with Crippen molar-refractivity contribution in [2.24, 2.45) is 0 Å². The van der Waals surface area contributed by atoms with E-state index in [-0.39, 0.29) is 29.2 Å². The maximum absolute atomic E-state index is 12.4. The molecule has 1 N–H and O–H groups in total. The number of rotatable bonds is 3. The first-order chi connectivity index (χ1) is 10.6. The van der Waals surface area contributed by atoms with Gasteiger partial charge in [0, 0.05) is 19.1 Å². The number of carbonyl (C=O) groups excluding carboxylic acids is 2. The van der Waals surface area contributed by atoms with Gasteiger partial charge in [0.2, 0.25) is 0 Å². The van der Waals surface area contributed by atoms with Gasteiger partial charge in [-0.2, -0.15) is 0 Å². The second kappa shape index (κ2) is 6.39. The Morgan fingerprint density at radius 2 is 2.00 bits per heavy atom. The molecule has 0 atom stereocenters. The molecule has 0 unspecified atom stereocenters. The summed E-state index contributed by atoms with van der Waals surface area (Å²) in [6.45, 7) is 10.2. The molecule has 7 nitrogen and oxygen atoms in total. The summed E-state index contributed by atoms with van der Waals surface area (Å²) in [5, 5.41) is 3.05. The van der Waals surface area contributed by atoms with Gasteiger partial charge in [0.1, 0.15) is 11.3 Å². The van der Waals surface area contributed by atoms with Crippen molar-refractivity contribution in [3.8, 4) is 0 Å². The molecule has 2 rings (SSSR count). The SMILES string of the molecule is CC(C)n1cnc(Cl)c1C(=O)NC1CN(C(=O)OC(C)(C)C)C1. The molecule has 1 saturated heterocycles. The van der Waals surface area contributed by atoms with E-state index in [1.807, 2.05) is 34.6 Å². The van der Waals surface area contributed by atoms with Crippen molar-refractivity contribution in [2.75, 3.05) is 13.1 Å². The van der Waals surface area contributed by atoms with E-state index in [9.17, 15) is 9.59 Å². The van der Waals surface area contributed by atoms with E-state index in [0.717, 1.165) is 0 Å². The molecule has 128 valence electrons. The van der Waals surface area contributed by atoms with E-state index in [2.05, 4.69) is 10.3 Å². The van der Waals surface area contributed by atoms with Gasteiger partial charge < -0.3 is 19.5 Å². The first-order valence-corrected chi connectivity index (χ1v) is 7.97. The number of hydrogen-bond acceptors (Lipinski definition) is 4. The van der Waals surface area contributed by atoms with Crippen LogP contribution in [0.3, 0.4) is 0 Å². The van der Waals surface area contributed by atoms with Crippen LogP contribution in [0.15, 0.2) is 6.33 Å². The Kier molecular flexibility index (Phi) is 4.89. The van der Waals surface area contributed by atoms with Crippen molar-refractivity contribution < 1.29 is 14.3 Å². The third-order valence-electron chi connectivity index (χ3n) is 3.39. The van der Waals surface area contributed by atoms with Gasteiger partial charge in [0.25, 0.3) is 5.91 Å². The Morgan fingerprint density at radius 3 is 2.52 bits per heavy atom. The number of carbonyl (C=O) groups is 2. The van der Waals surface area contributed by atoms with E-state index >= 15 is 0 Å². The molecule has 8 heteroatoms. The first kappa shape index (κ1) is 17.6. The van der Waals surface area contributed by atoms with Crippen molar-refractivity contribution in [2.45, 2.75) is 52.3 Å². The molecule has 0 aliphatic carbocycles. The molecule has 1 aliphatic heterocycles. The fraction of sp³-hybridized carbons (Fsp3) is 0.667. The molecule has 1 aromatic heterocycles. The molecule has 0 spiro atoms. The Labute approximate surface area is 140 Å². The van der Waals surface area contributed by atoms with Gasteiger partial charge in [0.15, 0.2) is 5.15 Å². The van der Waals surface area contributed by atoms with Crippen LogP contribution in [0.5, 0.6) is 0 Å². The van der Waals surface area contributed by atoms with Crippen LogP contribution >= 0.6 is 11.6 Å². The summed E-state index contributed by atoms with van der Waals surface area (Å²) in [6.07, 6.45) is 1.18. The second-order valence-electron chi connectivity index (χ2n) is 6.94. The van der Waals surface area contributed by atoms with E-state index < -0.39 is 5.60 Å². The molecule has 0 radical (unpaired) electrons. The topological polar surface area (TPSA) is 76.5 Å². The zero-order chi connectivity index (χ0) is 17.4. The van der Waals surface area contributed by atoms with Crippen molar-refractivity contribution >= 4 is 23.6 Å². The minimum atomic E-state index is -0.525. The van der Waals surface area contributed by atoms with Crippen LogP contribution in [0.4, 0.5) is 4.79 Å². The van der Waals surface area contributed by atoms with Gasteiger partial charge in [0.05, 0.1) is 12.4 Å².